The SMILES string of the molecule is CCCN(CC)S(=O)(=O)c1ccc(N=C(NO)c2nonc2NC(C)CN(C=O)c2ccc3nccn3c2)cc1. The first kappa shape index (κ1) is 28.7. The second kappa shape index (κ2) is 12.7. The molecule has 0 aliphatic rings. The predicted octanol–water partition coefficient (Wildman–Crippen LogP) is 2.66. The minimum atomic E-state index is -3.63. The van der Waals surface area contributed by atoms with Crippen LogP contribution >= 0.6 is 0 Å². The number of aliphatic imine (C=N–C) groups is 1. The first-order valence-electron chi connectivity index (χ1n) is 12.6. The van der Waals surface area contributed by atoms with Crippen molar-refractivity contribution >= 4 is 45.1 Å². The normalized spacial score (nSPS) is 13.0. The maximum Gasteiger partial charge on any atom is 0.243 e. The van der Waals surface area contributed by atoms with E-state index in [4.69, 9.17) is 4.63 Å². The Balaban J connectivity index is 1.49. The van der Waals surface area contributed by atoms with Crippen LogP contribution in [-0.2, 0) is 14.8 Å². The molecule has 0 aliphatic heterocycles. The van der Waals surface area contributed by atoms with Crippen molar-refractivity contribution in [3.05, 3.63) is 60.7 Å². The molecule has 1 unspecified atom stereocenters. The summed E-state index contributed by atoms with van der Waals surface area (Å²) in [6.45, 7) is 6.62. The maximum atomic E-state index is 12.9. The number of hydroxylamine groups is 1. The number of nitrogens with one attached hydrogen (secondary N) is 2. The molecule has 0 fully saturated rings. The van der Waals surface area contributed by atoms with E-state index in [1.54, 1.807) is 31.6 Å². The summed E-state index contributed by atoms with van der Waals surface area (Å²) in [7, 11) is -3.63. The minimum Gasteiger partial charge on any atom is -0.361 e. The molecule has 4 rings (SSSR count). The fourth-order valence-corrected chi connectivity index (χ4v) is 5.64. The zero-order valence-corrected chi connectivity index (χ0v) is 23.1. The van der Waals surface area contributed by atoms with Gasteiger partial charge in [0.25, 0.3) is 0 Å². The molecule has 1 atom stereocenters. The highest BCUT2D eigenvalue weighted by atomic mass is 32.2. The lowest BCUT2D eigenvalue weighted by Crippen LogP contribution is -2.35. The zero-order valence-electron chi connectivity index (χ0n) is 22.3. The molecular weight excluding hydrogens is 538 g/mol. The van der Waals surface area contributed by atoms with Gasteiger partial charge < -0.3 is 14.6 Å². The number of amides is 1. The van der Waals surface area contributed by atoms with E-state index < -0.39 is 10.0 Å². The van der Waals surface area contributed by atoms with E-state index in [1.165, 1.54) is 33.5 Å². The van der Waals surface area contributed by atoms with Crippen LogP contribution in [0.3, 0.4) is 0 Å². The summed E-state index contributed by atoms with van der Waals surface area (Å²) in [5.74, 6) is 0.103. The molecule has 1 amide bonds. The van der Waals surface area contributed by atoms with E-state index in [2.05, 4.69) is 25.6 Å². The third kappa shape index (κ3) is 6.27. The fraction of sp³-hybridized carbons (Fsp3) is 0.320. The van der Waals surface area contributed by atoms with Gasteiger partial charge in [0.05, 0.1) is 16.3 Å². The number of aromatic nitrogens is 4. The Bertz CT molecular complexity index is 1570. The summed E-state index contributed by atoms with van der Waals surface area (Å²) >= 11 is 0. The summed E-state index contributed by atoms with van der Waals surface area (Å²) in [6, 6.07) is 9.25. The van der Waals surface area contributed by atoms with Crippen LogP contribution in [0.1, 0.15) is 32.9 Å². The molecule has 15 heteroatoms. The Morgan fingerprint density at radius 1 is 1.20 bits per heavy atom. The number of sulfonamides is 1. The van der Waals surface area contributed by atoms with Gasteiger partial charge in [-0.2, -0.15) is 4.31 Å². The van der Waals surface area contributed by atoms with Crippen molar-refractivity contribution in [3.63, 3.8) is 0 Å². The molecule has 40 heavy (non-hydrogen) atoms. The lowest BCUT2D eigenvalue weighted by atomic mass is 10.2. The van der Waals surface area contributed by atoms with Gasteiger partial charge in [-0.1, -0.05) is 13.8 Å². The summed E-state index contributed by atoms with van der Waals surface area (Å²) in [5.41, 5.74) is 3.88. The van der Waals surface area contributed by atoms with Crippen molar-refractivity contribution < 1.29 is 23.0 Å². The molecule has 1 aromatic carbocycles. The highest BCUT2D eigenvalue weighted by molar-refractivity contribution is 7.89. The quantitative estimate of drug-likeness (QED) is 0.0941. The smallest absolute Gasteiger partial charge is 0.243 e. The third-order valence-corrected chi connectivity index (χ3v) is 8.03. The van der Waals surface area contributed by atoms with Crippen LogP contribution in [0.4, 0.5) is 17.2 Å². The molecule has 0 radical (unpaired) electrons. The molecule has 0 saturated carbocycles. The van der Waals surface area contributed by atoms with E-state index in [-0.39, 0.29) is 34.8 Å². The standard InChI is InChI=1S/C25H31N9O5S/c1-4-13-34(5-2)40(37,38)21-9-6-19(7-10-21)28-24(29-36)23-25(31-39-30-23)27-18(3)15-33(17-35)20-8-11-22-26-12-14-32(22)16-20/h6-12,14,16-18,36H,4-5,13,15H2,1-3H3,(H,27,31)(H,28,29). The molecule has 0 spiro atoms. The van der Waals surface area contributed by atoms with Crippen molar-refractivity contribution in [2.24, 2.45) is 4.99 Å². The number of carbonyl (C=O) groups is 1. The summed E-state index contributed by atoms with van der Waals surface area (Å²) in [5, 5.41) is 20.6. The molecule has 3 aromatic heterocycles. The number of pyridine rings is 1. The number of benzene rings is 1. The number of carbonyl (C=O) groups excluding carboxylic acids is 1. The number of imidazole rings is 1. The van der Waals surface area contributed by atoms with Gasteiger partial charge >= 0.3 is 0 Å². The van der Waals surface area contributed by atoms with Gasteiger partial charge in [0, 0.05) is 44.3 Å². The van der Waals surface area contributed by atoms with E-state index in [0.29, 0.717) is 30.9 Å². The highest BCUT2D eigenvalue weighted by Crippen LogP contribution is 2.22. The summed E-state index contributed by atoms with van der Waals surface area (Å²) < 4.78 is 33.9. The second-order valence-corrected chi connectivity index (χ2v) is 10.8. The predicted molar refractivity (Wildman–Crippen MR) is 148 cm³/mol. The van der Waals surface area contributed by atoms with Gasteiger partial charge in [-0.25, -0.2) is 23.0 Å². The zero-order chi connectivity index (χ0) is 28.7. The Kier molecular flexibility index (Phi) is 9.08. The Labute approximate surface area is 231 Å². The van der Waals surface area contributed by atoms with Crippen molar-refractivity contribution in [1.82, 2.24) is 29.5 Å². The lowest BCUT2D eigenvalue weighted by Gasteiger charge is -2.22. The third-order valence-electron chi connectivity index (χ3n) is 6.05. The monoisotopic (exact) mass is 569 g/mol. The van der Waals surface area contributed by atoms with E-state index in [1.807, 2.05) is 29.8 Å². The van der Waals surface area contributed by atoms with Crippen LogP contribution < -0.4 is 15.7 Å². The van der Waals surface area contributed by atoms with Gasteiger partial charge in [0.1, 0.15) is 5.65 Å². The Morgan fingerprint density at radius 2 is 1.98 bits per heavy atom. The first-order valence-corrected chi connectivity index (χ1v) is 14.1. The lowest BCUT2D eigenvalue weighted by molar-refractivity contribution is -0.107. The molecule has 3 N–H and O–H groups in total. The topological polar surface area (TPSA) is 171 Å². The summed E-state index contributed by atoms with van der Waals surface area (Å²) in [6.07, 6.45) is 6.69. The molecule has 14 nitrogen and oxygen atoms in total. The van der Waals surface area contributed by atoms with Crippen molar-refractivity contribution in [3.8, 4) is 0 Å². The van der Waals surface area contributed by atoms with Crippen LogP contribution in [0.2, 0.25) is 0 Å². The van der Waals surface area contributed by atoms with Gasteiger partial charge in [0.15, 0.2) is 11.5 Å². The van der Waals surface area contributed by atoms with E-state index in [9.17, 15) is 18.4 Å². The molecule has 0 saturated heterocycles. The number of fused-ring (bicyclic) bond motifs is 1. The van der Waals surface area contributed by atoms with Crippen molar-refractivity contribution in [2.75, 3.05) is 29.9 Å². The number of rotatable bonds is 13. The maximum absolute atomic E-state index is 12.9. The van der Waals surface area contributed by atoms with Crippen LogP contribution in [0, 0.1) is 0 Å². The van der Waals surface area contributed by atoms with Crippen LogP contribution in [-0.4, -0.2) is 75.6 Å². The van der Waals surface area contributed by atoms with E-state index >= 15 is 0 Å². The second-order valence-electron chi connectivity index (χ2n) is 8.91. The average molecular weight is 570 g/mol. The number of amidine groups is 1. The van der Waals surface area contributed by atoms with Crippen LogP contribution in [0.15, 0.2) is 69.5 Å². The molecule has 3 heterocycles. The fourth-order valence-electron chi connectivity index (χ4n) is 4.10. The van der Waals surface area contributed by atoms with Crippen LogP contribution in [0.25, 0.3) is 5.65 Å². The minimum absolute atomic E-state index is 0.0782. The number of hydrogen-bond acceptors (Lipinski definition) is 10. The van der Waals surface area contributed by atoms with Crippen molar-refractivity contribution in [2.45, 2.75) is 38.1 Å². The molecule has 0 aliphatic carbocycles. The van der Waals surface area contributed by atoms with Crippen LogP contribution in [0.5, 0.6) is 0 Å². The molecule has 0 bridgehead atoms. The number of nitrogens with zero attached hydrogens (tertiary/aromatic N) is 7. The van der Waals surface area contributed by atoms with Gasteiger partial charge in [-0.15, -0.1) is 0 Å². The number of anilines is 2. The van der Waals surface area contributed by atoms with Gasteiger partial charge in [-0.05, 0) is 60.1 Å². The summed E-state index contributed by atoms with van der Waals surface area (Å²) in [4.78, 5) is 22.0. The van der Waals surface area contributed by atoms with E-state index in [0.717, 1.165) is 12.1 Å². The molecule has 4 aromatic rings. The van der Waals surface area contributed by atoms with Gasteiger partial charge in [0.2, 0.25) is 22.3 Å². The largest absolute Gasteiger partial charge is 0.361 e. The number of hydrogen-bond donors (Lipinski definition) is 3. The highest BCUT2D eigenvalue weighted by Gasteiger charge is 2.23. The average Bonchev–Trinajstić information content (AvgIpc) is 3.62. The Morgan fingerprint density at radius 3 is 2.65 bits per heavy atom. The first-order chi connectivity index (χ1) is 19.3. The molecule has 212 valence electrons. The Hall–Kier alpha value is -4.34. The van der Waals surface area contributed by atoms with Gasteiger partial charge in [-0.3, -0.25) is 15.5 Å². The molecular formula is C25H31N9O5S. The van der Waals surface area contributed by atoms with Crippen molar-refractivity contribution in [1.29, 1.82) is 0 Å².